The van der Waals surface area contributed by atoms with Crippen molar-refractivity contribution >= 4 is 104 Å². The van der Waals surface area contributed by atoms with Crippen LogP contribution in [0.5, 0.6) is 5.75 Å². The smallest absolute Gasteiger partial charge is 0.269 e. The predicted molar refractivity (Wildman–Crippen MR) is 306 cm³/mol. The first-order valence-corrected chi connectivity index (χ1v) is 28.6. The van der Waals surface area contributed by atoms with Gasteiger partial charge in [-0.1, -0.05) is 106 Å². The Balaban J connectivity index is 1.60. The van der Waals surface area contributed by atoms with Crippen LogP contribution in [0.15, 0.2) is 102 Å². The highest BCUT2D eigenvalue weighted by molar-refractivity contribution is 8.76. The molecule has 0 unspecified atom stereocenters. The molecule has 1 heterocycles. The van der Waals surface area contributed by atoms with Crippen molar-refractivity contribution in [2.45, 2.75) is 107 Å². The van der Waals surface area contributed by atoms with Gasteiger partial charge in [0, 0.05) is 46.4 Å². The number of nitrogens with zero attached hydrogens (tertiary/aromatic N) is 1. The molecule has 80 heavy (non-hydrogen) atoms. The summed E-state index contributed by atoms with van der Waals surface area (Å²) in [6, 6.07) is 14.1. The number of rotatable bonds is 19. The number of aliphatic hydroxyl groups is 1. The minimum Gasteiger partial charge on any atom is -0.508 e. The van der Waals surface area contributed by atoms with Gasteiger partial charge in [-0.3, -0.25) is 43.2 Å². The van der Waals surface area contributed by atoms with Crippen LogP contribution in [-0.4, -0.2) is 136 Å². The largest absolute Gasteiger partial charge is 0.508 e. The first-order chi connectivity index (χ1) is 38.1. The number of phenols is 1. The molecule has 8 atom stereocenters. The standard InChI is InChI=1S/C54H65Cl2N11O11S2/c1-29(68)45-54(78)66-44(52(76)62-40(47(60)71)24-33-12-20-37(69)21-13-33)28-80-79-27-43(65-48(72)38(58)23-30-8-16-35(55)17-9-30)53(77)64-42(26-32-10-18-36(56)19-11-32)51(75)63-41(25-31-6-14-34(15-7-31)46(59)70)50(74)61-39(49(73)67-45)5-3-2-4-22-57/h6-21,29,38-39,41-45,68-69H,2-5,22-28,57-58H2,1H3,(H2,59,70)(H2,60,71)(H,61,74)(H,63,75)(H,64,77)(H,65,72)(H,66,78)(H,67,73)/b62-40+/t29-,38+,39+,41-,42+,43-,44+,45+/m1/s1. The van der Waals surface area contributed by atoms with E-state index in [1.54, 1.807) is 48.5 Å². The van der Waals surface area contributed by atoms with E-state index in [-0.39, 0.29) is 54.9 Å². The first-order valence-electron chi connectivity index (χ1n) is 25.4. The van der Waals surface area contributed by atoms with E-state index in [1.807, 2.05) is 0 Å². The Hall–Kier alpha value is -7.06. The van der Waals surface area contributed by atoms with Crippen LogP contribution in [0.1, 0.15) is 65.2 Å². The topological polar surface area (TPSA) is 383 Å². The van der Waals surface area contributed by atoms with E-state index < -0.39 is 107 Å². The zero-order valence-corrected chi connectivity index (χ0v) is 46.7. The number of nitrogens with two attached hydrogens (primary N) is 4. The minimum absolute atomic E-state index is 0.0218. The summed E-state index contributed by atoms with van der Waals surface area (Å²) in [6.07, 6.45) is -0.870. The van der Waals surface area contributed by atoms with Crippen LogP contribution in [0.25, 0.3) is 0 Å². The molecule has 0 bridgehead atoms. The molecule has 0 saturated carbocycles. The first kappa shape index (κ1) is 63.8. The van der Waals surface area contributed by atoms with Gasteiger partial charge in [-0.15, -0.1) is 0 Å². The number of aliphatic imine (C=N–C) groups is 1. The van der Waals surface area contributed by atoms with Crippen LogP contribution < -0.4 is 54.8 Å². The second kappa shape index (κ2) is 31.7. The van der Waals surface area contributed by atoms with Crippen LogP contribution in [0.4, 0.5) is 0 Å². The number of hydrogen-bond acceptors (Lipinski definition) is 15. The normalized spacial score (nSPS) is 20.8. The number of hydrogen-bond donors (Lipinski definition) is 12. The summed E-state index contributed by atoms with van der Waals surface area (Å²) >= 11 is 12.3. The van der Waals surface area contributed by atoms with Crippen molar-refractivity contribution in [3.05, 3.63) is 135 Å². The molecule has 22 nitrogen and oxygen atoms in total. The summed E-state index contributed by atoms with van der Waals surface area (Å²) in [5.41, 5.74) is 25.1. The van der Waals surface area contributed by atoms with Gasteiger partial charge < -0.3 is 65.0 Å². The molecule has 428 valence electrons. The third kappa shape index (κ3) is 20.6. The monoisotopic (exact) mass is 1180 g/mol. The maximum atomic E-state index is 14.8. The third-order valence-corrected chi connectivity index (χ3v) is 15.5. The summed E-state index contributed by atoms with van der Waals surface area (Å²) in [5, 5.41) is 37.5. The molecule has 5 rings (SSSR count). The van der Waals surface area contributed by atoms with E-state index in [2.05, 4.69) is 36.9 Å². The SMILES string of the molecule is C[C@@H](O)[C@@H]1NC(=O)[C@H](CCCCCN)NC(=O)[C@@H](Cc2ccc(C(N)=O)cc2)NC(=O)[C@H](Cc2ccc(Cl)cc2)NC(=O)[C@H](NC(=O)[C@@H](N)Cc2ccc(Cl)cc2)CSSC[C@@H](C(=O)/N=C(\Cc2ccc(O)cc2)C(N)=O)NC1=O. The Labute approximate surface area is 479 Å². The fourth-order valence-electron chi connectivity index (χ4n) is 8.03. The highest BCUT2D eigenvalue weighted by Gasteiger charge is 2.36. The van der Waals surface area contributed by atoms with Gasteiger partial charge >= 0.3 is 0 Å². The molecular weight excluding hydrogens is 1110 g/mol. The van der Waals surface area contributed by atoms with E-state index >= 15 is 0 Å². The van der Waals surface area contributed by atoms with Crippen LogP contribution in [-0.2, 0) is 64.0 Å². The van der Waals surface area contributed by atoms with Gasteiger partial charge in [-0.2, -0.15) is 0 Å². The van der Waals surface area contributed by atoms with Crippen molar-refractivity contribution in [2.75, 3.05) is 18.1 Å². The zero-order valence-electron chi connectivity index (χ0n) is 43.5. The second-order valence-corrected chi connectivity index (χ2v) is 22.3. The summed E-state index contributed by atoms with van der Waals surface area (Å²) in [4.78, 5) is 129. The van der Waals surface area contributed by atoms with Crippen molar-refractivity contribution in [3.8, 4) is 5.75 Å². The van der Waals surface area contributed by atoms with E-state index in [9.17, 15) is 53.4 Å². The molecule has 4 aromatic rings. The molecule has 1 aliphatic rings. The number of carbonyl (C=O) groups is 9. The summed E-state index contributed by atoms with van der Waals surface area (Å²) in [5.74, 6) is -8.96. The average Bonchev–Trinajstić information content (AvgIpc) is 3.42. The Morgan fingerprint density at radius 1 is 0.662 bits per heavy atom. The molecule has 4 aromatic carbocycles. The van der Waals surface area contributed by atoms with Gasteiger partial charge in [0.05, 0.1) is 12.1 Å². The van der Waals surface area contributed by atoms with Crippen LogP contribution in [0, 0.1) is 0 Å². The lowest BCUT2D eigenvalue weighted by Gasteiger charge is -2.29. The van der Waals surface area contributed by atoms with Gasteiger partial charge in [0.25, 0.3) is 11.8 Å². The lowest BCUT2D eigenvalue weighted by molar-refractivity contribution is -0.136. The molecule has 26 heteroatoms. The van der Waals surface area contributed by atoms with Gasteiger partial charge in [-0.05, 0) is 104 Å². The fraction of sp³-hybridized carbons (Fsp3) is 0.370. The lowest BCUT2D eigenvalue weighted by Crippen LogP contribution is -2.61. The maximum absolute atomic E-state index is 14.8. The maximum Gasteiger partial charge on any atom is 0.269 e. The molecule has 9 amide bonds. The highest BCUT2D eigenvalue weighted by Crippen LogP contribution is 2.25. The second-order valence-electron chi connectivity index (χ2n) is 18.9. The van der Waals surface area contributed by atoms with Gasteiger partial charge in [0.1, 0.15) is 47.7 Å². The van der Waals surface area contributed by atoms with Crippen LogP contribution in [0.3, 0.4) is 0 Å². The minimum atomic E-state index is -1.77. The molecule has 0 aliphatic carbocycles. The summed E-state index contributed by atoms with van der Waals surface area (Å²) < 4.78 is 0. The number of amides is 9. The number of unbranched alkanes of at least 4 members (excludes halogenated alkanes) is 2. The van der Waals surface area contributed by atoms with Crippen molar-refractivity contribution in [2.24, 2.45) is 27.9 Å². The molecule has 0 aromatic heterocycles. The van der Waals surface area contributed by atoms with Gasteiger partial charge in [0.15, 0.2) is 0 Å². The van der Waals surface area contributed by atoms with Crippen LogP contribution in [0.2, 0.25) is 10.0 Å². The fourth-order valence-corrected chi connectivity index (χ4v) is 10.6. The van der Waals surface area contributed by atoms with Crippen molar-refractivity contribution in [1.29, 1.82) is 0 Å². The van der Waals surface area contributed by atoms with Gasteiger partial charge in [-0.25, -0.2) is 4.99 Å². The van der Waals surface area contributed by atoms with E-state index in [0.29, 0.717) is 58.1 Å². The van der Waals surface area contributed by atoms with Crippen molar-refractivity contribution in [3.63, 3.8) is 0 Å². The number of halogens is 2. The van der Waals surface area contributed by atoms with E-state index in [4.69, 9.17) is 46.1 Å². The molecule has 0 spiro atoms. The third-order valence-electron chi connectivity index (χ3n) is 12.5. The average molecular weight is 1180 g/mol. The van der Waals surface area contributed by atoms with Crippen LogP contribution >= 0.6 is 44.8 Å². The molecule has 1 fully saturated rings. The van der Waals surface area contributed by atoms with Crippen molar-refractivity contribution in [1.82, 2.24) is 31.9 Å². The van der Waals surface area contributed by atoms with E-state index in [1.165, 1.54) is 55.5 Å². The number of benzene rings is 4. The van der Waals surface area contributed by atoms with Crippen molar-refractivity contribution < 1.29 is 53.4 Å². The molecule has 1 saturated heterocycles. The Kier molecular flexibility index (Phi) is 25.2. The van der Waals surface area contributed by atoms with E-state index in [0.717, 1.165) is 21.6 Å². The quantitative estimate of drug-likeness (QED) is 0.0355. The lowest BCUT2D eigenvalue weighted by atomic mass is 10.00. The number of primary amides is 2. The zero-order chi connectivity index (χ0) is 58.5. The summed E-state index contributed by atoms with van der Waals surface area (Å²) in [7, 11) is 1.88. The number of phenolic OH excluding ortho intramolecular Hbond substituents is 1. The molecular formula is C54H65Cl2N11O11S2. The number of aromatic hydroxyl groups is 1. The summed E-state index contributed by atoms with van der Waals surface area (Å²) in [6.45, 7) is 1.53. The highest BCUT2D eigenvalue weighted by atomic mass is 35.5. The number of nitrogens with one attached hydrogen (secondary N) is 6. The molecule has 0 radical (unpaired) electrons. The molecule has 1 aliphatic heterocycles. The predicted octanol–water partition coefficient (Wildman–Crippen LogP) is 1.05. The molecule has 16 N–H and O–H groups in total. The Morgan fingerprint density at radius 3 is 1.73 bits per heavy atom. The van der Waals surface area contributed by atoms with Gasteiger partial charge in [0.2, 0.25) is 41.4 Å². The number of aliphatic hydroxyl groups excluding tert-OH is 1. The Morgan fingerprint density at radius 2 is 1.18 bits per heavy atom. The number of carbonyl (C=O) groups excluding carboxylic acids is 9. The Bertz CT molecular complexity index is 2850.